The molecular weight excluding hydrogens is 222 g/mol. The molecule has 1 saturated heterocycles. The highest BCUT2D eigenvalue weighted by Gasteiger charge is 2.16. The van der Waals surface area contributed by atoms with E-state index in [4.69, 9.17) is 16.0 Å². The number of hydrogen-bond acceptors (Lipinski definition) is 5. The Kier molecular flexibility index (Phi) is 3.53. The molecule has 0 saturated carbocycles. The fraction of sp³-hybridized carbons (Fsp3) is 0.750. The maximum absolute atomic E-state index is 5.54. The van der Waals surface area contributed by atoms with E-state index in [1.54, 1.807) is 0 Å². The van der Waals surface area contributed by atoms with Gasteiger partial charge in [-0.1, -0.05) is 5.10 Å². The van der Waals surface area contributed by atoms with Crippen molar-refractivity contribution in [3.63, 3.8) is 0 Å². The van der Waals surface area contributed by atoms with Crippen LogP contribution in [0.4, 0.5) is 6.01 Å². The zero-order valence-corrected chi connectivity index (χ0v) is 9.27. The predicted molar refractivity (Wildman–Crippen MR) is 57.8 cm³/mol. The molecule has 14 heavy (non-hydrogen) atoms. The third-order valence-corrected chi connectivity index (χ3v) is 3.61. The lowest BCUT2D eigenvalue weighted by Crippen LogP contribution is -2.13. The molecular formula is C8H12ClN3OS. The van der Waals surface area contributed by atoms with Gasteiger partial charge in [-0.25, -0.2) is 0 Å². The Morgan fingerprint density at radius 2 is 2.50 bits per heavy atom. The molecule has 6 heteroatoms. The maximum atomic E-state index is 5.54. The molecule has 1 N–H and O–H groups in total. The summed E-state index contributed by atoms with van der Waals surface area (Å²) >= 11 is 7.54. The zero-order valence-electron chi connectivity index (χ0n) is 7.70. The number of alkyl halides is 1. The van der Waals surface area contributed by atoms with E-state index >= 15 is 0 Å². The SMILES string of the molecule is ClCc1nnc(NCC2CCSC2)o1. The van der Waals surface area contributed by atoms with Crippen LogP contribution in [0, 0.1) is 5.92 Å². The predicted octanol–water partition coefficient (Wildman–Crippen LogP) is 1.97. The van der Waals surface area contributed by atoms with E-state index in [0.29, 0.717) is 11.9 Å². The summed E-state index contributed by atoms with van der Waals surface area (Å²) in [5, 5.41) is 10.7. The largest absolute Gasteiger partial charge is 0.407 e. The monoisotopic (exact) mass is 233 g/mol. The van der Waals surface area contributed by atoms with Crippen molar-refractivity contribution >= 4 is 29.4 Å². The van der Waals surface area contributed by atoms with E-state index in [1.807, 2.05) is 11.8 Å². The molecule has 78 valence electrons. The van der Waals surface area contributed by atoms with Gasteiger partial charge in [0.05, 0.1) is 0 Å². The summed E-state index contributed by atoms with van der Waals surface area (Å²) in [4.78, 5) is 0. The fourth-order valence-corrected chi connectivity index (χ4v) is 2.75. The molecule has 1 aliphatic heterocycles. The van der Waals surface area contributed by atoms with Gasteiger partial charge < -0.3 is 9.73 Å². The van der Waals surface area contributed by atoms with Crippen molar-refractivity contribution in [2.75, 3.05) is 23.4 Å². The molecule has 1 unspecified atom stereocenters. The average Bonchev–Trinajstić information content (AvgIpc) is 2.86. The van der Waals surface area contributed by atoms with E-state index in [0.717, 1.165) is 12.5 Å². The summed E-state index contributed by atoms with van der Waals surface area (Å²) in [5.41, 5.74) is 0. The summed E-state index contributed by atoms with van der Waals surface area (Å²) in [7, 11) is 0. The van der Waals surface area contributed by atoms with Crippen LogP contribution in [0.2, 0.25) is 0 Å². The van der Waals surface area contributed by atoms with Crippen molar-refractivity contribution in [3.8, 4) is 0 Å². The first-order chi connectivity index (χ1) is 6.88. The molecule has 2 heterocycles. The summed E-state index contributed by atoms with van der Waals surface area (Å²) < 4.78 is 5.22. The van der Waals surface area contributed by atoms with Crippen LogP contribution in [0.15, 0.2) is 4.42 Å². The van der Waals surface area contributed by atoms with Gasteiger partial charge in [-0.3, -0.25) is 0 Å². The number of thioether (sulfide) groups is 1. The quantitative estimate of drug-likeness (QED) is 0.806. The van der Waals surface area contributed by atoms with Crippen LogP contribution in [0.3, 0.4) is 0 Å². The second-order valence-corrected chi connectivity index (χ2v) is 4.66. The molecule has 1 atom stereocenters. The number of anilines is 1. The molecule has 0 aromatic carbocycles. The van der Waals surface area contributed by atoms with Crippen LogP contribution in [0.25, 0.3) is 0 Å². The van der Waals surface area contributed by atoms with Gasteiger partial charge in [0.2, 0.25) is 5.89 Å². The molecule has 1 aliphatic rings. The molecule has 0 radical (unpaired) electrons. The van der Waals surface area contributed by atoms with Gasteiger partial charge in [-0.2, -0.15) is 11.8 Å². The summed E-state index contributed by atoms with van der Waals surface area (Å²) in [5.74, 6) is 3.96. The highest BCUT2D eigenvalue weighted by Crippen LogP contribution is 2.23. The smallest absolute Gasteiger partial charge is 0.315 e. The normalized spacial score (nSPS) is 21.4. The van der Waals surface area contributed by atoms with E-state index < -0.39 is 0 Å². The topological polar surface area (TPSA) is 51.0 Å². The Morgan fingerprint density at radius 3 is 3.14 bits per heavy atom. The Morgan fingerprint density at radius 1 is 1.57 bits per heavy atom. The van der Waals surface area contributed by atoms with Crippen LogP contribution in [-0.4, -0.2) is 28.2 Å². The van der Waals surface area contributed by atoms with E-state index in [2.05, 4.69) is 15.5 Å². The molecule has 1 aromatic rings. The van der Waals surface area contributed by atoms with Crippen molar-refractivity contribution in [2.45, 2.75) is 12.3 Å². The summed E-state index contributed by atoms with van der Waals surface area (Å²) in [6.07, 6.45) is 1.27. The Labute approximate surface area is 91.8 Å². The van der Waals surface area contributed by atoms with Crippen LogP contribution < -0.4 is 5.32 Å². The van der Waals surface area contributed by atoms with Gasteiger partial charge in [0, 0.05) is 6.54 Å². The molecule has 0 bridgehead atoms. The number of aromatic nitrogens is 2. The Bertz CT molecular complexity index is 288. The summed E-state index contributed by atoms with van der Waals surface area (Å²) in [6.45, 7) is 0.914. The Hall–Kier alpha value is -0.420. The third-order valence-electron chi connectivity index (χ3n) is 2.15. The van der Waals surface area contributed by atoms with Crippen molar-refractivity contribution in [1.82, 2.24) is 10.2 Å². The van der Waals surface area contributed by atoms with Gasteiger partial charge >= 0.3 is 6.01 Å². The zero-order chi connectivity index (χ0) is 9.80. The second-order valence-electron chi connectivity index (χ2n) is 3.25. The summed E-state index contributed by atoms with van der Waals surface area (Å²) in [6, 6.07) is 0.484. The lowest BCUT2D eigenvalue weighted by atomic mass is 10.1. The van der Waals surface area contributed by atoms with Crippen molar-refractivity contribution in [3.05, 3.63) is 5.89 Å². The molecule has 2 rings (SSSR count). The lowest BCUT2D eigenvalue weighted by Gasteiger charge is -2.06. The first-order valence-electron chi connectivity index (χ1n) is 4.58. The van der Waals surface area contributed by atoms with Gasteiger partial charge in [0.15, 0.2) is 0 Å². The highest BCUT2D eigenvalue weighted by atomic mass is 35.5. The molecule has 0 amide bonds. The molecule has 0 aliphatic carbocycles. The van der Waals surface area contributed by atoms with E-state index in [9.17, 15) is 0 Å². The molecule has 1 aromatic heterocycles. The van der Waals surface area contributed by atoms with E-state index in [-0.39, 0.29) is 5.88 Å². The third kappa shape index (κ3) is 2.54. The van der Waals surface area contributed by atoms with Crippen molar-refractivity contribution < 1.29 is 4.42 Å². The minimum absolute atomic E-state index is 0.272. The standard InChI is InChI=1S/C8H12ClN3OS/c9-3-7-11-12-8(13-7)10-4-6-1-2-14-5-6/h6H,1-5H2,(H,10,12). The first kappa shape index (κ1) is 10.1. The maximum Gasteiger partial charge on any atom is 0.315 e. The number of rotatable bonds is 4. The molecule has 1 fully saturated rings. The van der Waals surface area contributed by atoms with Crippen LogP contribution in [-0.2, 0) is 5.88 Å². The first-order valence-corrected chi connectivity index (χ1v) is 6.27. The highest BCUT2D eigenvalue weighted by molar-refractivity contribution is 7.99. The molecule has 0 spiro atoms. The fourth-order valence-electron chi connectivity index (χ4n) is 1.36. The average molecular weight is 234 g/mol. The van der Waals surface area contributed by atoms with Gasteiger partial charge in [-0.15, -0.1) is 16.7 Å². The Balaban J connectivity index is 1.79. The van der Waals surface area contributed by atoms with Crippen LogP contribution >= 0.6 is 23.4 Å². The minimum atomic E-state index is 0.272. The number of nitrogens with zero attached hydrogens (tertiary/aromatic N) is 2. The van der Waals surface area contributed by atoms with Crippen LogP contribution in [0.5, 0.6) is 0 Å². The minimum Gasteiger partial charge on any atom is -0.407 e. The van der Waals surface area contributed by atoms with Crippen LogP contribution in [0.1, 0.15) is 12.3 Å². The van der Waals surface area contributed by atoms with Crippen molar-refractivity contribution in [2.24, 2.45) is 5.92 Å². The number of halogens is 1. The van der Waals surface area contributed by atoms with Crippen molar-refractivity contribution in [1.29, 1.82) is 0 Å². The number of hydrogen-bond donors (Lipinski definition) is 1. The molecule has 4 nitrogen and oxygen atoms in total. The van der Waals surface area contributed by atoms with Gasteiger partial charge in [-0.05, 0) is 23.8 Å². The van der Waals surface area contributed by atoms with Gasteiger partial charge in [0.1, 0.15) is 5.88 Å². The van der Waals surface area contributed by atoms with Gasteiger partial charge in [0.25, 0.3) is 0 Å². The lowest BCUT2D eigenvalue weighted by molar-refractivity contribution is 0.517. The second kappa shape index (κ2) is 4.89. The van der Waals surface area contributed by atoms with E-state index in [1.165, 1.54) is 17.9 Å². The number of nitrogens with one attached hydrogen (secondary N) is 1.